The summed E-state index contributed by atoms with van der Waals surface area (Å²) in [7, 11) is -9.51. The van der Waals surface area contributed by atoms with Crippen molar-refractivity contribution in [2.24, 2.45) is 0 Å². The predicted molar refractivity (Wildman–Crippen MR) is 197 cm³/mol. The predicted octanol–water partition coefficient (Wildman–Crippen LogP) is 4.98. The highest BCUT2D eigenvalue weighted by molar-refractivity contribution is 7.86. The standard InChI is InChI=1S/C36H26N4O12S2/c41-25-15-13-19-5-3-11-27(53(47,48)49)29(19)31(25)39-33(43)21-7-1-9-23(17-21)37-35(45)36(46)38-24-10-2-8-22(18-24)34(44)40-32-26(42)16-14-20-6-4-12-28(30(20)32)54(50,51)52/h1-18,41-42H,(H,37,45)(H,38,46)(H,39,43)(H,40,44)(H,47,48,49)(H,50,51,52). The second-order valence-corrected chi connectivity index (χ2v) is 14.3. The molecule has 0 aromatic heterocycles. The molecule has 0 saturated carbocycles. The van der Waals surface area contributed by atoms with Gasteiger partial charge in [0.1, 0.15) is 21.3 Å². The van der Waals surface area contributed by atoms with E-state index >= 15 is 0 Å². The Morgan fingerprint density at radius 1 is 0.463 bits per heavy atom. The molecule has 0 fully saturated rings. The van der Waals surface area contributed by atoms with Crippen molar-refractivity contribution in [1.82, 2.24) is 0 Å². The first-order valence-corrected chi connectivity index (χ1v) is 18.3. The third-order valence-corrected chi connectivity index (χ3v) is 9.77. The van der Waals surface area contributed by atoms with Gasteiger partial charge in [0, 0.05) is 33.3 Å². The zero-order valence-corrected chi connectivity index (χ0v) is 28.9. The Bertz CT molecular complexity index is 2600. The van der Waals surface area contributed by atoms with E-state index < -0.39 is 65.2 Å². The number of fused-ring (bicyclic) bond motifs is 2. The maximum absolute atomic E-state index is 13.2. The first-order valence-electron chi connectivity index (χ1n) is 15.4. The molecule has 16 nitrogen and oxygen atoms in total. The second-order valence-electron chi connectivity index (χ2n) is 11.6. The van der Waals surface area contributed by atoms with Crippen LogP contribution in [0.5, 0.6) is 11.5 Å². The smallest absolute Gasteiger partial charge is 0.314 e. The molecule has 54 heavy (non-hydrogen) atoms. The summed E-state index contributed by atoms with van der Waals surface area (Å²) in [6, 6.07) is 23.8. The number of benzene rings is 6. The highest BCUT2D eigenvalue weighted by atomic mass is 32.2. The first kappa shape index (κ1) is 36.9. The van der Waals surface area contributed by atoms with Gasteiger partial charge in [0.2, 0.25) is 0 Å². The van der Waals surface area contributed by atoms with Crippen LogP contribution in [0.15, 0.2) is 119 Å². The van der Waals surface area contributed by atoms with Crippen LogP contribution in [0.2, 0.25) is 0 Å². The fraction of sp³-hybridized carbons (Fsp3) is 0. The van der Waals surface area contributed by atoms with E-state index in [1.54, 1.807) is 0 Å². The fourth-order valence-electron chi connectivity index (χ4n) is 5.58. The van der Waals surface area contributed by atoms with E-state index in [9.17, 15) is 55.3 Å². The van der Waals surface area contributed by atoms with E-state index in [1.165, 1.54) is 97.1 Å². The minimum Gasteiger partial charge on any atom is -0.506 e. The molecule has 0 heterocycles. The summed E-state index contributed by atoms with van der Waals surface area (Å²) in [6.07, 6.45) is 0. The summed E-state index contributed by atoms with van der Waals surface area (Å²) in [5, 5.41) is 30.8. The number of phenolic OH excluding ortho intramolecular Hbond substituents is 2. The largest absolute Gasteiger partial charge is 0.506 e. The van der Waals surface area contributed by atoms with Crippen molar-refractivity contribution in [1.29, 1.82) is 0 Å². The van der Waals surface area contributed by atoms with Crippen LogP contribution in [-0.2, 0) is 29.8 Å². The van der Waals surface area contributed by atoms with Crippen molar-refractivity contribution in [3.8, 4) is 11.5 Å². The molecule has 0 aliphatic rings. The highest BCUT2D eigenvalue weighted by Crippen LogP contribution is 2.38. The number of hydrogen-bond acceptors (Lipinski definition) is 10. The Labute approximate surface area is 305 Å². The molecular weight excluding hydrogens is 745 g/mol. The minimum absolute atomic E-state index is 0.00384. The normalized spacial score (nSPS) is 11.5. The molecule has 8 N–H and O–H groups in total. The minimum atomic E-state index is -4.76. The van der Waals surface area contributed by atoms with Crippen molar-refractivity contribution >= 4 is 88.2 Å². The van der Waals surface area contributed by atoms with Gasteiger partial charge in [0.25, 0.3) is 32.1 Å². The third kappa shape index (κ3) is 7.66. The molecule has 18 heteroatoms. The molecule has 0 atom stereocenters. The molecule has 6 aromatic carbocycles. The maximum atomic E-state index is 13.2. The van der Waals surface area contributed by atoms with Crippen LogP contribution in [-0.4, -0.2) is 59.8 Å². The van der Waals surface area contributed by atoms with Gasteiger partial charge in [-0.3, -0.25) is 28.3 Å². The number of carbonyl (C=O) groups excluding carboxylic acids is 4. The van der Waals surface area contributed by atoms with Gasteiger partial charge in [-0.2, -0.15) is 16.8 Å². The van der Waals surface area contributed by atoms with Crippen molar-refractivity contribution in [3.05, 3.63) is 120 Å². The molecule has 6 rings (SSSR count). The van der Waals surface area contributed by atoms with Gasteiger partial charge < -0.3 is 31.5 Å². The average molecular weight is 771 g/mol. The lowest BCUT2D eigenvalue weighted by Gasteiger charge is -2.14. The summed E-state index contributed by atoms with van der Waals surface area (Å²) in [5.41, 5.74) is -0.756. The zero-order chi connectivity index (χ0) is 38.9. The highest BCUT2D eigenvalue weighted by Gasteiger charge is 2.23. The SMILES string of the molecule is O=C(Nc1cccc(C(=O)Nc2c(O)ccc3cccc(S(=O)(=O)O)c23)c1)C(=O)Nc1cccc(C(=O)Nc2c(O)ccc3cccc(S(=O)(=O)O)c23)c1. The van der Waals surface area contributed by atoms with E-state index in [-0.39, 0.29) is 55.4 Å². The van der Waals surface area contributed by atoms with Crippen LogP contribution < -0.4 is 21.3 Å². The van der Waals surface area contributed by atoms with Gasteiger partial charge in [0.15, 0.2) is 0 Å². The van der Waals surface area contributed by atoms with Crippen molar-refractivity contribution in [2.45, 2.75) is 9.79 Å². The van der Waals surface area contributed by atoms with E-state index in [0.717, 1.165) is 12.1 Å². The Morgan fingerprint density at radius 2 is 0.833 bits per heavy atom. The quantitative estimate of drug-likeness (QED) is 0.0579. The van der Waals surface area contributed by atoms with E-state index in [2.05, 4.69) is 21.3 Å². The lowest BCUT2D eigenvalue weighted by Crippen LogP contribution is -2.29. The Hall–Kier alpha value is -6.86. The summed E-state index contributed by atoms with van der Waals surface area (Å²) >= 11 is 0. The van der Waals surface area contributed by atoms with Crippen molar-refractivity contribution in [2.75, 3.05) is 21.3 Å². The van der Waals surface area contributed by atoms with Gasteiger partial charge in [-0.15, -0.1) is 0 Å². The number of phenols is 2. The Morgan fingerprint density at radius 3 is 1.20 bits per heavy atom. The summed E-state index contributed by atoms with van der Waals surface area (Å²) < 4.78 is 67.6. The van der Waals surface area contributed by atoms with Gasteiger partial charge >= 0.3 is 11.8 Å². The van der Waals surface area contributed by atoms with Gasteiger partial charge in [0.05, 0.1) is 11.4 Å². The number of nitrogens with one attached hydrogen (secondary N) is 4. The van der Waals surface area contributed by atoms with Crippen LogP contribution >= 0.6 is 0 Å². The summed E-state index contributed by atoms with van der Waals surface area (Å²) in [6.45, 7) is 0. The Balaban J connectivity index is 1.16. The monoisotopic (exact) mass is 770 g/mol. The van der Waals surface area contributed by atoms with Crippen molar-refractivity contribution in [3.63, 3.8) is 0 Å². The Kier molecular flexibility index (Phi) is 9.76. The van der Waals surface area contributed by atoms with Gasteiger partial charge in [-0.1, -0.05) is 48.5 Å². The van der Waals surface area contributed by atoms with E-state index in [0.29, 0.717) is 0 Å². The van der Waals surface area contributed by atoms with Crippen LogP contribution in [0.3, 0.4) is 0 Å². The van der Waals surface area contributed by atoms with E-state index in [4.69, 9.17) is 0 Å². The number of anilines is 4. The topological polar surface area (TPSA) is 266 Å². The lowest BCUT2D eigenvalue weighted by molar-refractivity contribution is -0.132. The number of aromatic hydroxyl groups is 2. The lowest BCUT2D eigenvalue weighted by atomic mass is 10.1. The van der Waals surface area contributed by atoms with Crippen LogP contribution in [0.25, 0.3) is 21.5 Å². The molecule has 4 amide bonds. The molecule has 0 aliphatic carbocycles. The number of hydrogen-bond donors (Lipinski definition) is 8. The first-order chi connectivity index (χ1) is 25.5. The summed E-state index contributed by atoms with van der Waals surface area (Å²) in [4.78, 5) is 51.0. The molecule has 0 spiro atoms. The third-order valence-electron chi connectivity index (χ3n) is 7.98. The number of carbonyl (C=O) groups is 4. The van der Waals surface area contributed by atoms with Gasteiger partial charge in [-0.25, -0.2) is 0 Å². The molecule has 0 unspecified atom stereocenters. The number of amides is 4. The maximum Gasteiger partial charge on any atom is 0.314 e. The molecule has 0 saturated heterocycles. The van der Waals surface area contributed by atoms with Crippen molar-refractivity contribution < 1.29 is 55.3 Å². The molecule has 0 bridgehead atoms. The molecule has 6 aromatic rings. The second kappa shape index (κ2) is 14.3. The number of rotatable bonds is 8. The van der Waals surface area contributed by atoms with E-state index in [1.807, 2.05) is 0 Å². The summed E-state index contributed by atoms with van der Waals surface area (Å²) in [5.74, 6) is -5.02. The fourth-order valence-corrected chi connectivity index (χ4v) is 7.03. The zero-order valence-electron chi connectivity index (χ0n) is 27.3. The van der Waals surface area contributed by atoms with Gasteiger partial charge in [-0.05, 0) is 71.4 Å². The molecule has 274 valence electrons. The van der Waals surface area contributed by atoms with Crippen LogP contribution in [0.4, 0.5) is 22.7 Å². The molecule has 0 radical (unpaired) electrons. The molecular formula is C36H26N4O12S2. The average Bonchev–Trinajstić information content (AvgIpc) is 3.12. The molecule has 0 aliphatic heterocycles. The van der Waals surface area contributed by atoms with Crippen LogP contribution in [0.1, 0.15) is 20.7 Å². The van der Waals surface area contributed by atoms with Crippen LogP contribution in [0, 0.1) is 0 Å².